The van der Waals surface area contributed by atoms with Crippen molar-refractivity contribution in [2.24, 2.45) is 0 Å². The zero-order valence-electron chi connectivity index (χ0n) is 6.79. The number of nitrogens with zero attached hydrogens (tertiary/aromatic N) is 2. The second kappa shape index (κ2) is 3.04. The van der Waals surface area contributed by atoms with Crippen LogP contribution in [-0.4, -0.2) is 16.0 Å². The van der Waals surface area contributed by atoms with Gasteiger partial charge >= 0.3 is 5.69 Å². The molecule has 0 unspecified atom stereocenters. The van der Waals surface area contributed by atoms with E-state index in [4.69, 9.17) is 0 Å². The van der Waals surface area contributed by atoms with E-state index >= 15 is 0 Å². The van der Waals surface area contributed by atoms with Gasteiger partial charge in [0.2, 0.25) is 5.13 Å². The number of hydrogen-bond acceptors (Lipinski definition) is 4. The predicted octanol–water partition coefficient (Wildman–Crippen LogP) is 0.927. The third kappa shape index (κ3) is 1.59. The number of anilines is 1. The van der Waals surface area contributed by atoms with E-state index in [9.17, 15) is 4.79 Å². The maximum Gasteiger partial charge on any atom is 0.359 e. The van der Waals surface area contributed by atoms with Gasteiger partial charge in [-0.3, -0.25) is 0 Å². The van der Waals surface area contributed by atoms with Crippen LogP contribution in [-0.2, 0) is 0 Å². The van der Waals surface area contributed by atoms with Crippen molar-refractivity contribution in [3.05, 3.63) is 10.5 Å². The standard InChI is InChI=1S/C6H11N3OS/c1-4(2)9-6(10)8-5(7-3)11-9/h4H,1-3H3,(H,7,8,10). The quantitative estimate of drug-likeness (QED) is 0.723. The predicted molar refractivity (Wildman–Crippen MR) is 46.3 cm³/mol. The average molecular weight is 173 g/mol. The fourth-order valence-corrected chi connectivity index (χ4v) is 1.44. The Balaban J connectivity index is 3.07. The second-order valence-electron chi connectivity index (χ2n) is 2.46. The van der Waals surface area contributed by atoms with Gasteiger partial charge in [-0.25, -0.2) is 8.75 Å². The summed E-state index contributed by atoms with van der Waals surface area (Å²) in [6.07, 6.45) is 0. The second-order valence-corrected chi connectivity index (χ2v) is 3.42. The monoisotopic (exact) mass is 173 g/mol. The molecule has 62 valence electrons. The molecule has 0 aromatic carbocycles. The first-order valence-corrected chi connectivity index (χ1v) is 4.20. The molecule has 11 heavy (non-hydrogen) atoms. The summed E-state index contributed by atoms with van der Waals surface area (Å²) in [5.41, 5.74) is -0.172. The molecule has 0 aliphatic carbocycles. The van der Waals surface area contributed by atoms with E-state index in [-0.39, 0.29) is 11.7 Å². The highest BCUT2D eigenvalue weighted by atomic mass is 32.1. The maximum atomic E-state index is 11.1. The van der Waals surface area contributed by atoms with Gasteiger partial charge in [-0.2, -0.15) is 4.98 Å². The molecule has 1 aromatic rings. The van der Waals surface area contributed by atoms with Crippen LogP contribution in [0.2, 0.25) is 0 Å². The Labute approximate surface area is 69.0 Å². The highest BCUT2D eigenvalue weighted by Gasteiger charge is 2.06. The van der Waals surface area contributed by atoms with Gasteiger partial charge in [-0.15, -0.1) is 0 Å². The van der Waals surface area contributed by atoms with Crippen LogP contribution in [0.3, 0.4) is 0 Å². The smallest absolute Gasteiger partial charge is 0.359 e. The molecule has 0 fully saturated rings. The summed E-state index contributed by atoms with van der Waals surface area (Å²) in [6, 6.07) is 0.196. The molecule has 0 saturated heterocycles. The molecule has 5 heteroatoms. The van der Waals surface area contributed by atoms with Gasteiger partial charge in [-0.1, -0.05) is 0 Å². The van der Waals surface area contributed by atoms with Gasteiger partial charge < -0.3 is 5.32 Å². The molecule has 1 N–H and O–H groups in total. The van der Waals surface area contributed by atoms with E-state index in [0.717, 1.165) is 0 Å². The topological polar surface area (TPSA) is 46.9 Å². The van der Waals surface area contributed by atoms with E-state index in [1.54, 1.807) is 11.0 Å². The van der Waals surface area contributed by atoms with E-state index in [1.165, 1.54) is 11.5 Å². The van der Waals surface area contributed by atoms with Crippen molar-refractivity contribution in [1.82, 2.24) is 8.94 Å². The van der Waals surface area contributed by atoms with Crippen molar-refractivity contribution in [1.29, 1.82) is 0 Å². The summed E-state index contributed by atoms with van der Waals surface area (Å²) in [5.74, 6) is 0. The third-order valence-electron chi connectivity index (χ3n) is 1.25. The molecule has 0 saturated carbocycles. The number of nitrogens with one attached hydrogen (secondary N) is 1. The Hall–Kier alpha value is -0.840. The van der Waals surface area contributed by atoms with Crippen LogP contribution in [0.25, 0.3) is 0 Å². The van der Waals surface area contributed by atoms with Crippen LogP contribution >= 0.6 is 11.5 Å². The zero-order chi connectivity index (χ0) is 8.43. The lowest BCUT2D eigenvalue weighted by molar-refractivity contribution is 0.623. The van der Waals surface area contributed by atoms with Gasteiger partial charge in [0, 0.05) is 13.1 Å². The average Bonchev–Trinajstić information content (AvgIpc) is 2.30. The molecule has 1 aromatic heterocycles. The van der Waals surface area contributed by atoms with Crippen LogP contribution in [0, 0.1) is 0 Å². The zero-order valence-corrected chi connectivity index (χ0v) is 7.60. The fraction of sp³-hybridized carbons (Fsp3) is 0.667. The maximum absolute atomic E-state index is 11.1. The minimum Gasteiger partial charge on any atom is -0.363 e. The van der Waals surface area contributed by atoms with Gasteiger partial charge in [0.25, 0.3) is 0 Å². The van der Waals surface area contributed by atoms with E-state index < -0.39 is 0 Å². The Kier molecular flexibility index (Phi) is 2.28. The molecule has 0 atom stereocenters. The summed E-state index contributed by atoms with van der Waals surface area (Å²) < 4.78 is 1.63. The van der Waals surface area contributed by atoms with Crippen LogP contribution in [0.5, 0.6) is 0 Å². The van der Waals surface area contributed by atoms with E-state index in [1.807, 2.05) is 13.8 Å². The van der Waals surface area contributed by atoms with Crippen LogP contribution < -0.4 is 11.0 Å². The lowest BCUT2D eigenvalue weighted by Gasteiger charge is -2.00. The lowest BCUT2D eigenvalue weighted by Crippen LogP contribution is -2.16. The Morgan fingerprint density at radius 1 is 1.64 bits per heavy atom. The highest BCUT2D eigenvalue weighted by Crippen LogP contribution is 2.11. The van der Waals surface area contributed by atoms with Crippen LogP contribution in [0.4, 0.5) is 5.13 Å². The van der Waals surface area contributed by atoms with Crippen molar-refractivity contribution >= 4 is 16.7 Å². The fourth-order valence-electron chi connectivity index (χ4n) is 0.717. The Morgan fingerprint density at radius 2 is 2.27 bits per heavy atom. The van der Waals surface area contributed by atoms with E-state index in [0.29, 0.717) is 5.13 Å². The molecule has 1 heterocycles. The largest absolute Gasteiger partial charge is 0.363 e. The molecular formula is C6H11N3OS. The molecule has 0 amide bonds. The molecule has 0 aliphatic heterocycles. The van der Waals surface area contributed by atoms with Crippen LogP contribution in [0.15, 0.2) is 4.79 Å². The van der Waals surface area contributed by atoms with Gasteiger partial charge in [0.1, 0.15) is 0 Å². The van der Waals surface area contributed by atoms with Crippen molar-refractivity contribution in [2.45, 2.75) is 19.9 Å². The lowest BCUT2D eigenvalue weighted by atomic mass is 10.4. The minimum absolute atomic E-state index is 0.172. The molecule has 0 bridgehead atoms. The normalized spacial score (nSPS) is 10.5. The minimum atomic E-state index is -0.172. The van der Waals surface area contributed by atoms with Gasteiger partial charge in [-0.05, 0) is 25.4 Å². The summed E-state index contributed by atoms with van der Waals surface area (Å²) in [4.78, 5) is 14.8. The SMILES string of the molecule is CNc1nc(=O)n(C(C)C)s1. The number of hydrogen-bond donors (Lipinski definition) is 1. The number of aromatic nitrogens is 2. The van der Waals surface area contributed by atoms with Crippen LogP contribution in [0.1, 0.15) is 19.9 Å². The molecule has 4 nitrogen and oxygen atoms in total. The first kappa shape index (κ1) is 8.26. The first-order valence-electron chi connectivity index (χ1n) is 3.42. The Morgan fingerprint density at radius 3 is 2.55 bits per heavy atom. The molecule has 0 aliphatic rings. The van der Waals surface area contributed by atoms with Gasteiger partial charge in [0.15, 0.2) is 0 Å². The molecular weight excluding hydrogens is 162 g/mol. The number of rotatable bonds is 2. The van der Waals surface area contributed by atoms with Crippen molar-refractivity contribution in [3.63, 3.8) is 0 Å². The highest BCUT2D eigenvalue weighted by molar-refractivity contribution is 7.10. The molecule has 1 rings (SSSR count). The molecule has 0 radical (unpaired) electrons. The van der Waals surface area contributed by atoms with Crippen molar-refractivity contribution in [3.8, 4) is 0 Å². The third-order valence-corrected chi connectivity index (χ3v) is 2.50. The first-order chi connectivity index (χ1) is 5.15. The molecule has 0 spiro atoms. The van der Waals surface area contributed by atoms with Crippen molar-refractivity contribution < 1.29 is 0 Å². The van der Waals surface area contributed by atoms with Crippen molar-refractivity contribution in [2.75, 3.05) is 12.4 Å². The van der Waals surface area contributed by atoms with E-state index in [2.05, 4.69) is 10.3 Å². The summed E-state index contributed by atoms with van der Waals surface area (Å²) in [7, 11) is 1.75. The summed E-state index contributed by atoms with van der Waals surface area (Å²) >= 11 is 1.35. The van der Waals surface area contributed by atoms with Gasteiger partial charge in [0.05, 0.1) is 0 Å². The summed E-state index contributed by atoms with van der Waals surface area (Å²) in [6.45, 7) is 3.91. The Bertz CT molecular complexity index is 288. The summed E-state index contributed by atoms with van der Waals surface area (Å²) in [5, 5.41) is 3.50.